The van der Waals surface area contributed by atoms with Gasteiger partial charge in [0, 0.05) is 4.91 Å². The summed E-state index contributed by atoms with van der Waals surface area (Å²) in [7, 11) is 1.26. The molecule has 0 aromatic carbocycles. The first-order valence-electron chi connectivity index (χ1n) is 3.60. The highest BCUT2D eigenvalue weighted by molar-refractivity contribution is 5.91. The van der Waals surface area contributed by atoms with Crippen LogP contribution in [0.5, 0.6) is 0 Å². The molecule has 0 spiro atoms. The van der Waals surface area contributed by atoms with Crippen LogP contribution in [0, 0.1) is 0 Å². The van der Waals surface area contributed by atoms with E-state index in [4.69, 9.17) is 5.53 Å². The normalized spacial score (nSPS) is 25.2. The molecule has 0 bridgehead atoms. The molecule has 1 amide bonds. The first-order chi connectivity index (χ1) is 6.19. The summed E-state index contributed by atoms with van der Waals surface area (Å²) >= 11 is 0. The fraction of sp³-hybridized carbons (Fsp3) is 0.667. The molecule has 7 nitrogen and oxygen atoms in total. The molecule has 1 saturated heterocycles. The molecule has 0 aliphatic carbocycles. The minimum atomic E-state index is -0.774. The number of nitrogens with one attached hydrogen (secondary N) is 1. The van der Waals surface area contributed by atoms with E-state index in [1.54, 1.807) is 0 Å². The van der Waals surface area contributed by atoms with E-state index in [0.717, 1.165) is 0 Å². The van der Waals surface area contributed by atoms with Crippen LogP contribution in [0.2, 0.25) is 0 Å². The highest BCUT2D eigenvalue weighted by atomic mass is 16.5. The van der Waals surface area contributed by atoms with E-state index in [-0.39, 0.29) is 12.3 Å². The van der Waals surface area contributed by atoms with Crippen molar-refractivity contribution in [2.45, 2.75) is 18.5 Å². The Balaban J connectivity index is 2.49. The van der Waals surface area contributed by atoms with Crippen molar-refractivity contribution >= 4 is 11.9 Å². The number of carbonyl (C=O) groups is 2. The van der Waals surface area contributed by atoms with E-state index in [1.165, 1.54) is 7.11 Å². The van der Waals surface area contributed by atoms with Gasteiger partial charge in [0.25, 0.3) is 0 Å². The topological polar surface area (TPSA) is 104 Å². The zero-order valence-corrected chi connectivity index (χ0v) is 6.93. The van der Waals surface area contributed by atoms with Crippen LogP contribution in [0.3, 0.4) is 0 Å². The first-order valence-corrected chi connectivity index (χ1v) is 3.60. The van der Waals surface area contributed by atoms with Crippen LogP contribution in [0.15, 0.2) is 5.11 Å². The van der Waals surface area contributed by atoms with Gasteiger partial charge in [-0.1, -0.05) is 5.11 Å². The number of esters is 1. The van der Waals surface area contributed by atoms with Crippen LogP contribution in [0.25, 0.3) is 10.4 Å². The number of methoxy groups -OCH3 is 1. The van der Waals surface area contributed by atoms with Crippen molar-refractivity contribution in [3.05, 3.63) is 10.4 Å². The van der Waals surface area contributed by atoms with E-state index in [1.807, 2.05) is 0 Å². The average Bonchev–Trinajstić information content (AvgIpc) is 2.13. The molecule has 1 N–H and O–H groups in total. The number of azide groups is 1. The Morgan fingerprint density at radius 2 is 2.54 bits per heavy atom. The molecule has 1 aliphatic heterocycles. The van der Waals surface area contributed by atoms with Crippen LogP contribution in [0.4, 0.5) is 0 Å². The van der Waals surface area contributed by atoms with Crippen LogP contribution >= 0.6 is 0 Å². The van der Waals surface area contributed by atoms with Crippen molar-refractivity contribution in [1.82, 2.24) is 5.32 Å². The Hall–Kier alpha value is -1.75. The molecule has 1 fully saturated rings. The standard InChI is InChI=1S/C6H8N4O3/c1-13-4(11)2-3-5(9-10-7)6(12)8-3/h3,5H,2H2,1H3,(H,8,12)/t3-,5-/m0/s1. The van der Waals surface area contributed by atoms with Gasteiger partial charge < -0.3 is 10.1 Å². The first kappa shape index (κ1) is 9.34. The summed E-state index contributed by atoms with van der Waals surface area (Å²) in [4.78, 5) is 24.0. The lowest BCUT2D eigenvalue weighted by Gasteiger charge is -2.32. The maximum atomic E-state index is 10.8. The van der Waals surface area contributed by atoms with Gasteiger partial charge >= 0.3 is 5.97 Å². The fourth-order valence-electron chi connectivity index (χ4n) is 1.05. The number of β-lactam (4-membered cyclic amide) rings is 1. The largest absolute Gasteiger partial charge is 0.469 e. The molecule has 7 heteroatoms. The lowest BCUT2D eigenvalue weighted by Crippen LogP contribution is -2.61. The third-order valence-electron chi connectivity index (χ3n) is 1.77. The number of nitrogens with zero attached hydrogens (tertiary/aromatic N) is 3. The maximum Gasteiger partial charge on any atom is 0.307 e. The Labute approximate surface area is 73.7 Å². The zero-order chi connectivity index (χ0) is 9.84. The van der Waals surface area contributed by atoms with E-state index < -0.39 is 18.1 Å². The van der Waals surface area contributed by atoms with Gasteiger partial charge in [-0.05, 0) is 5.53 Å². The smallest absolute Gasteiger partial charge is 0.307 e. The van der Waals surface area contributed by atoms with Crippen molar-refractivity contribution in [3.63, 3.8) is 0 Å². The second-order valence-electron chi connectivity index (χ2n) is 2.55. The van der Waals surface area contributed by atoms with Gasteiger partial charge in [0.1, 0.15) is 6.04 Å². The van der Waals surface area contributed by atoms with Crippen LogP contribution in [0.1, 0.15) is 6.42 Å². The quantitative estimate of drug-likeness (QED) is 0.214. The molecule has 13 heavy (non-hydrogen) atoms. The second-order valence-corrected chi connectivity index (χ2v) is 2.55. The molecular formula is C6H8N4O3. The number of amides is 1. The molecular weight excluding hydrogens is 176 g/mol. The average molecular weight is 184 g/mol. The summed E-state index contributed by atoms with van der Waals surface area (Å²) in [5.74, 6) is -0.796. The molecule has 0 aromatic heterocycles. The minimum absolute atomic E-state index is 0.0337. The van der Waals surface area contributed by atoms with Crippen molar-refractivity contribution < 1.29 is 14.3 Å². The maximum absolute atomic E-state index is 10.8. The summed E-state index contributed by atoms with van der Waals surface area (Å²) in [5, 5.41) is 5.68. The third-order valence-corrected chi connectivity index (χ3v) is 1.77. The van der Waals surface area contributed by atoms with Crippen LogP contribution < -0.4 is 5.32 Å². The predicted molar refractivity (Wildman–Crippen MR) is 41.5 cm³/mol. The van der Waals surface area contributed by atoms with Crippen molar-refractivity contribution in [1.29, 1.82) is 0 Å². The van der Waals surface area contributed by atoms with E-state index in [9.17, 15) is 9.59 Å². The number of ether oxygens (including phenoxy) is 1. The molecule has 1 heterocycles. The molecule has 70 valence electrons. The summed E-state index contributed by atoms with van der Waals surface area (Å²) in [5.41, 5.74) is 8.09. The number of hydrogen-bond donors (Lipinski definition) is 1. The molecule has 1 rings (SSSR count). The van der Waals surface area contributed by atoms with Gasteiger partial charge in [-0.3, -0.25) is 9.59 Å². The summed E-state index contributed by atoms with van der Waals surface area (Å²) in [6.07, 6.45) is 0.0337. The summed E-state index contributed by atoms with van der Waals surface area (Å²) in [6, 6.07) is -1.19. The molecule has 1 aliphatic rings. The van der Waals surface area contributed by atoms with Gasteiger partial charge in [-0.25, -0.2) is 0 Å². The zero-order valence-electron chi connectivity index (χ0n) is 6.93. The number of carbonyl (C=O) groups excluding carboxylic acids is 2. The SMILES string of the molecule is COC(=O)C[C@@H]1NC(=O)[C@H]1N=[N+]=[N-]. The Bertz CT molecular complexity index is 282. The molecule has 0 saturated carbocycles. The predicted octanol–water partition coefficient (Wildman–Crippen LogP) is -0.273. The Morgan fingerprint density at radius 1 is 1.85 bits per heavy atom. The Morgan fingerprint density at radius 3 is 3.00 bits per heavy atom. The van der Waals surface area contributed by atoms with E-state index >= 15 is 0 Å². The van der Waals surface area contributed by atoms with Gasteiger partial charge in [-0.15, -0.1) is 0 Å². The van der Waals surface area contributed by atoms with Gasteiger partial charge in [0.05, 0.1) is 19.6 Å². The summed E-state index contributed by atoms with van der Waals surface area (Å²) < 4.78 is 4.39. The van der Waals surface area contributed by atoms with Gasteiger partial charge in [0.2, 0.25) is 5.91 Å². The van der Waals surface area contributed by atoms with Crippen molar-refractivity contribution in [2.75, 3.05) is 7.11 Å². The Kier molecular flexibility index (Phi) is 2.71. The molecule has 0 unspecified atom stereocenters. The molecule has 2 atom stereocenters. The third kappa shape index (κ3) is 1.88. The van der Waals surface area contributed by atoms with Crippen molar-refractivity contribution in [2.24, 2.45) is 5.11 Å². The highest BCUT2D eigenvalue weighted by Gasteiger charge is 2.39. The fourth-order valence-corrected chi connectivity index (χ4v) is 1.05. The molecule has 0 radical (unpaired) electrons. The highest BCUT2D eigenvalue weighted by Crippen LogP contribution is 2.14. The number of rotatable bonds is 3. The lowest BCUT2D eigenvalue weighted by atomic mass is 9.97. The molecule has 0 aromatic rings. The van der Waals surface area contributed by atoms with E-state index in [2.05, 4.69) is 20.1 Å². The van der Waals surface area contributed by atoms with Gasteiger partial charge in [0.15, 0.2) is 0 Å². The minimum Gasteiger partial charge on any atom is -0.469 e. The van der Waals surface area contributed by atoms with Crippen LogP contribution in [-0.4, -0.2) is 31.1 Å². The van der Waals surface area contributed by atoms with Gasteiger partial charge in [-0.2, -0.15) is 0 Å². The summed E-state index contributed by atoms with van der Waals surface area (Å²) in [6.45, 7) is 0. The van der Waals surface area contributed by atoms with Crippen LogP contribution in [-0.2, 0) is 14.3 Å². The van der Waals surface area contributed by atoms with E-state index in [0.29, 0.717) is 0 Å². The second kappa shape index (κ2) is 3.77. The monoisotopic (exact) mass is 184 g/mol. The van der Waals surface area contributed by atoms with Crippen molar-refractivity contribution in [3.8, 4) is 0 Å². The lowest BCUT2D eigenvalue weighted by molar-refractivity contribution is -0.143. The number of hydrogen-bond acceptors (Lipinski definition) is 4.